The van der Waals surface area contributed by atoms with Gasteiger partial charge in [-0.2, -0.15) is 0 Å². The van der Waals surface area contributed by atoms with Gasteiger partial charge in [0.2, 0.25) is 5.88 Å². The van der Waals surface area contributed by atoms with E-state index in [0.29, 0.717) is 63.3 Å². The van der Waals surface area contributed by atoms with E-state index in [9.17, 15) is 9.59 Å². The second kappa shape index (κ2) is 9.03. The van der Waals surface area contributed by atoms with E-state index >= 15 is 0 Å². The molecule has 0 spiro atoms. The molecule has 2 aliphatic heterocycles. The molecule has 0 aromatic carbocycles. The second-order valence-electron chi connectivity index (χ2n) is 7.32. The van der Waals surface area contributed by atoms with Crippen LogP contribution in [-0.4, -0.2) is 78.8 Å². The van der Waals surface area contributed by atoms with E-state index in [0.717, 1.165) is 6.42 Å². The Bertz CT molecular complexity index is 661. The minimum absolute atomic E-state index is 0.0690. The van der Waals surface area contributed by atoms with Gasteiger partial charge in [0.15, 0.2) is 0 Å². The van der Waals surface area contributed by atoms with Crippen LogP contribution in [0.25, 0.3) is 0 Å². The summed E-state index contributed by atoms with van der Waals surface area (Å²) in [5.74, 6) is 0.653. The summed E-state index contributed by atoms with van der Waals surface area (Å²) >= 11 is 0. The Morgan fingerprint density at radius 1 is 1.30 bits per heavy atom. The van der Waals surface area contributed by atoms with Gasteiger partial charge in [0.1, 0.15) is 11.7 Å². The Balaban J connectivity index is 1.60. The summed E-state index contributed by atoms with van der Waals surface area (Å²) in [5.41, 5.74) is 0.460. The third-order valence-corrected chi connectivity index (χ3v) is 4.67. The lowest BCUT2D eigenvalue weighted by Gasteiger charge is -2.27. The van der Waals surface area contributed by atoms with Crippen LogP contribution in [0.2, 0.25) is 0 Å². The van der Waals surface area contributed by atoms with Crippen LogP contribution < -0.4 is 10.1 Å². The first-order valence-electron chi connectivity index (χ1n) is 9.56. The number of amides is 3. The van der Waals surface area contributed by atoms with Crippen LogP contribution >= 0.6 is 0 Å². The van der Waals surface area contributed by atoms with Crippen molar-refractivity contribution in [3.05, 3.63) is 23.9 Å². The zero-order valence-corrected chi connectivity index (χ0v) is 16.0. The fraction of sp³-hybridized carbons (Fsp3) is 0.632. The lowest BCUT2D eigenvalue weighted by atomic mass is 10.2. The highest BCUT2D eigenvalue weighted by Gasteiger charge is 2.30. The molecule has 1 aromatic heterocycles. The van der Waals surface area contributed by atoms with Crippen LogP contribution in [0.1, 0.15) is 30.6 Å². The van der Waals surface area contributed by atoms with Crippen LogP contribution in [0.5, 0.6) is 5.88 Å². The van der Waals surface area contributed by atoms with Gasteiger partial charge in [-0.15, -0.1) is 0 Å². The molecule has 3 heterocycles. The molecule has 3 amide bonds. The zero-order valence-electron chi connectivity index (χ0n) is 16.0. The number of hydrogen-bond acceptors (Lipinski definition) is 5. The van der Waals surface area contributed by atoms with Crippen molar-refractivity contribution in [1.82, 2.24) is 20.1 Å². The van der Waals surface area contributed by atoms with Crippen LogP contribution in [0.15, 0.2) is 18.3 Å². The van der Waals surface area contributed by atoms with Gasteiger partial charge in [-0.25, -0.2) is 9.78 Å². The third-order valence-electron chi connectivity index (χ3n) is 4.67. The van der Waals surface area contributed by atoms with Crippen LogP contribution in [0.3, 0.4) is 0 Å². The standard InChI is InChI=1S/C19H28N4O4/c1-14(2)12-21-19(25)23-7-5-15(13-23)27-17-16(4-3-6-20-17)18(24)22-8-10-26-11-9-22/h3-4,6,14-15H,5,7-13H2,1-2H3,(H,21,25). The van der Waals surface area contributed by atoms with E-state index in [4.69, 9.17) is 9.47 Å². The van der Waals surface area contributed by atoms with Crippen LogP contribution in [0.4, 0.5) is 4.79 Å². The van der Waals surface area contributed by atoms with E-state index in [1.165, 1.54) is 0 Å². The zero-order chi connectivity index (χ0) is 19.2. The number of nitrogens with one attached hydrogen (secondary N) is 1. The highest BCUT2D eigenvalue weighted by atomic mass is 16.5. The number of pyridine rings is 1. The van der Waals surface area contributed by atoms with Gasteiger partial charge in [-0.1, -0.05) is 13.8 Å². The number of ether oxygens (including phenoxy) is 2. The van der Waals surface area contributed by atoms with Gasteiger partial charge in [0, 0.05) is 38.8 Å². The predicted octanol–water partition coefficient (Wildman–Crippen LogP) is 1.37. The number of nitrogens with zero attached hydrogens (tertiary/aromatic N) is 3. The molecule has 27 heavy (non-hydrogen) atoms. The Hall–Kier alpha value is -2.35. The molecule has 0 saturated carbocycles. The maximum atomic E-state index is 12.8. The maximum absolute atomic E-state index is 12.8. The van der Waals surface area contributed by atoms with Gasteiger partial charge in [0.05, 0.1) is 19.8 Å². The number of rotatable bonds is 5. The van der Waals surface area contributed by atoms with E-state index in [2.05, 4.69) is 24.1 Å². The van der Waals surface area contributed by atoms with Crippen molar-refractivity contribution in [3.8, 4) is 5.88 Å². The molecule has 8 nitrogen and oxygen atoms in total. The SMILES string of the molecule is CC(C)CNC(=O)N1CCC(Oc2ncccc2C(=O)N2CCOCC2)C1. The van der Waals surface area contributed by atoms with Gasteiger partial charge in [-0.3, -0.25) is 4.79 Å². The van der Waals surface area contributed by atoms with Crippen molar-refractivity contribution in [2.45, 2.75) is 26.4 Å². The minimum Gasteiger partial charge on any atom is -0.472 e. The highest BCUT2D eigenvalue weighted by molar-refractivity contribution is 5.96. The first-order chi connectivity index (χ1) is 13.0. The summed E-state index contributed by atoms with van der Waals surface area (Å²) in [6, 6.07) is 3.41. The molecule has 8 heteroatoms. The molecule has 3 rings (SSSR count). The molecule has 0 radical (unpaired) electrons. The minimum atomic E-state index is -0.166. The summed E-state index contributed by atoms with van der Waals surface area (Å²) in [6.45, 7) is 8.13. The van der Waals surface area contributed by atoms with Crippen molar-refractivity contribution in [2.75, 3.05) is 45.9 Å². The number of morpholine rings is 1. The molecule has 1 N–H and O–H groups in total. The monoisotopic (exact) mass is 376 g/mol. The molecule has 1 unspecified atom stereocenters. The Labute approximate surface area is 159 Å². The molecule has 148 valence electrons. The summed E-state index contributed by atoms with van der Waals surface area (Å²) < 4.78 is 11.3. The number of likely N-dealkylation sites (tertiary alicyclic amines) is 1. The second-order valence-corrected chi connectivity index (χ2v) is 7.32. The highest BCUT2D eigenvalue weighted by Crippen LogP contribution is 2.22. The number of carbonyl (C=O) groups is 2. The van der Waals surface area contributed by atoms with E-state index in [1.54, 1.807) is 28.1 Å². The largest absolute Gasteiger partial charge is 0.472 e. The summed E-state index contributed by atoms with van der Waals surface area (Å²) in [6.07, 6.45) is 2.17. The molecule has 2 aliphatic rings. The first kappa shape index (κ1) is 19.4. The Morgan fingerprint density at radius 3 is 2.81 bits per heavy atom. The molecular weight excluding hydrogens is 348 g/mol. The molecule has 2 fully saturated rings. The average molecular weight is 376 g/mol. The molecule has 2 saturated heterocycles. The van der Waals surface area contributed by atoms with E-state index in [1.807, 2.05) is 0 Å². The lowest BCUT2D eigenvalue weighted by molar-refractivity contribution is 0.0298. The summed E-state index contributed by atoms with van der Waals surface area (Å²) in [4.78, 5) is 32.8. The number of aromatic nitrogens is 1. The number of carbonyl (C=O) groups excluding carboxylic acids is 2. The molecule has 1 aromatic rings. The quantitative estimate of drug-likeness (QED) is 0.839. The summed E-state index contributed by atoms with van der Waals surface area (Å²) in [5, 5.41) is 2.92. The van der Waals surface area contributed by atoms with Crippen molar-refractivity contribution in [3.63, 3.8) is 0 Å². The maximum Gasteiger partial charge on any atom is 0.317 e. The fourth-order valence-corrected chi connectivity index (χ4v) is 3.15. The lowest BCUT2D eigenvalue weighted by Crippen LogP contribution is -2.41. The Morgan fingerprint density at radius 2 is 2.07 bits per heavy atom. The molecular formula is C19H28N4O4. The topological polar surface area (TPSA) is 84.0 Å². The number of hydrogen-bond donors (Lipinski definition) is 1. The smallest absolute Gasteiger partial charge is 0.317 e. The van der Waals surface area contributed by atoms with Crippen molar-refractivity contribution in [1.29, 1.82) is 0 Å². The average Bonchev–Trinajstić information content (AvgIpc) is 3.15. The van der Waals surface area contributed by atoms with Crippen molar-refractivity contribution >= 4 is 11.9 Å². The summed E-state index contributed by atoms with van der Waals surface area (Å²) in [7, 11) is 0. The predicted molar refractivity (Wildman–Crippen MR) is 99.8 cm³/mol. The van der Waals surface area contributed by atoms with E-state index in [-0.39, 0.29) is 18.0 Å². The molecule has 0 bridgehead atoms. The first-order valence-corrected chi connectivity index (χ1v) is 9.56. The van der Waals surface area contributed by atoms with Crippen LogP contribution in [0, 0.1) is 5.92 Å². The number of urea groups is 1. The van der Waals surface area contributed by atoms with Crippen LogP contribution in [-0.2, 0) is 4.74 Å². The third kappa shape index (κ3) is 5.09. The van der Waals surface area contributed by atoms with Gasteiger partial charge in [-0.05, 0) is 18.1 Å². The fourth-order valence-electron chi connectivity index (χ4n) is 3.15. The van der Waals surface area contributed by atoms with Crippen molar-refractivity contribution < 1.29 is 19.1 Å². The normalized spacial score (nSPS) is 20.0. The van der Waals surface area contributed by atoms with Gasteiger partial charge < -0.3 is 24.6 Å². The molecule has 0 aliphatic carbocycles. The van der Waals surface area contributed by atoms with Gasteiger partial charge in [0.25, 0.3) is 5.91 Å². The molecule has 1 atom stereocenters. The van der Waals surface area contributed by atoms with Gasteiger partial charge >= 0.3 is 6.03 Å². The Kier molecular flexibility index (Phi) is 6.49. The van der Waals surface area contributed by atoms with E-state index < -0.39 is 0 Å². The van der Waals surface area contributed by atoms with Crippen molar-refractivity contribution in [2.24, 2.45) is 5.92 Å².